The lowest BCUT2D eigenvalue weighted by Gasteiger charge is -2.20. The number of aliphatic hydroxyl groups is 1. The average molecular weight is 248 g/mol. The molecule has 2 atom stereocenters. The van der Waals surface area contributed by atoms with Gasteiger partial charge in [-0.2, -0.15) is 0 Å². The number of hydrogen-bond donors (Lipinski definition) is 3. The first-order valence-electron chi connectivity index (χ1n) is 6.92. The molecule has 2 unspecified atom stereocenters. The highest BCUT2D eigenvalue weighted by molar-refractivity contribution is 5.54. The van der Waals surface area contributed by atoms with Gasteiger partial charge in [-0.15, -0.1) is 0 Å². The normalized spacial score (nSPS) is 17.7. The molecule has 18 heavy (non-hydrogen) atoms. The van der Waals surface area contributed by atoms with Gasteiger partial charge in [-0.25, -0.2) is 0 Å². The minimum absolute atomic E-state index is 0.278. The third-order valence-electron chi connectivity index (χ3n) is 3.41. The Labute approximate surface area is 110 Å². The van der Waals surface area contributed by atoms with Crippen LogP contribution in [0.25, 0.3) is 0 Å². The van der Waals surface area contributed by atoms with Crippen molar-refractivity contribution in [2.45, 2.75) is 45.3 Å². The van der Waals surface area contributed by atoms with Gasteiger partial charge >= 0.3 is 0 Å². The molecule has 3 N–H and O–H groups in total. The summed E-state index contributed by atoms with van der Waals surface area (Å²) in [7, 11) is 0. The third-order valence-corrected chi connectivity index (χ3v) is 3.41. The lowest BCUT2D eigenvalue weighted by molar-refractivity contribution is 0.187. The van der Waals surface area contributed by atoms with Crippen molar-refractivity contribution < 1.29 is 5.11 Å². The number of anilines is 1. The molecule has 2 rings (SSSR count). The van der Waals surface area contributed by atoms with Crippen molar-refractivity contribution >= 4 is 5.69 Å². The Kier molecular flexibility index (Phi) is 4.61. The zero-order valence-corrected chi connectivity index (χ0v) is 11.4. The maximum absolute atomic E-state index is 9.25. The largest absolute Gasteiger partial charge is 0.392 e. The van der Waals surface area contributed by atoms with Crippen molar-refractivity contribution in [3.63, 3.8) is 0 Å². The molecule has 1 aromatic carbocycles. The van der Waals surface area contributed by atoms with Gasteiger partial charge in [-0.1, -0.05) is 12.1 Å². The quantitative estimate of drug-likeness (QED) is 0.746. The number of nitrogens with one attached hydrogen (secondary N) is 2. The Hall–Kier alpha value is -1.06. The van der Waals surface area contributed by atoms with Gasteiger partial charge in [0.25, 0.3) is 0 Å². The SMILES string of the molecule is CC(O)CNC(C)Cc1ccc2c(c1)CCCN2. The van der Waals surface area contributed by atoms with Gasteiger partial charge in [0.1, 0.15) is 0 Å². The number of fused-ring (bicyclic) bond motifs is 1. The minimum Gasteiger partial charge on any atom is -0.392 e. The first-order valence-corrected chi connectivity index (χ1v) is 6.92. The summed E-state index contributed by atoms with van der Waals surface area (Å²) in [6.45, 7) is 5.73. The average Bonchev–Trinajstić information content (AvgIpc) is 2.36. The van der Waals surface area contributed by atoms with Crippen LogP contribution in [0.5, 0.6) is 0 Å². The fraction of sp³-hybridized carbons (Fsp3) is 0.600. The van der Waals surface area contributed by atoms with Gasteiger partial charge in [-0.3, -0.25) is 0 Å². The second kappa shape index (κ2) is 6.21. The number of aryl methyl sites for hydroxylation is 1. The molecule has 0 amide bonds. The first kappa shape index (κ1) is 13.4. The fourth-order valence-corrected chi connectivity index (χ4v) is 2.45. The Morgan fingerprint density at radius 3 is 3.00 bits per heavy atom. The van der Waals surface area contributed by atoms with Gasteiger partial charge in [0.05, 0.1) is 6.10 Å². The Balaban J connectivity index is 1.93. The van der Waals surface area contributed by atoms with Crippen molar-refractivity contribution in [1.29, 1.82) is 0 Å². The van der Waals surface area contributed by atoms with E-state index < -0.39 is 0 Å². The summed E-state index contributed by atoms with van der Waals surface area (Å²) in [5.74, 6) is 0. The highest BCUT2D eigenvalue weighted by Crippen LogP contribution is 2.23. The Morgan fingerprint density at radius 1 is 1.39 bits per heavy atom. The third kappa shape index (κ3) is 3.72. The van der Waals surface area contributed by atoms with E-state index in [2.05, 4.69) is 35.8 Å². The maximum atomic E-state index is 9.25. The minimum atomic E-state index is -0.278. The van der Waals surface area contributed by atoms with Crippen LogP contribution in [-0.4, -0.2) is 30.3 Å². The Morgan fingerprint density at radius 2 is 2.22 bits per heavy atom. The smallest absolute Gasteiger partial charge is 0.0636 e. The molecule has 1 aliphatic rings. The predicted octanol–water partition coefficient (Wildman–Crippen LogP) is 1.95. The van der Waals surface area contributed by atoms with Gasteiger partial charge in [0.15, 0.2) is 0 Å². The van der Waals surface area contributed by atoms with Crippen LogP contribution < -0.4 is 10.6 Å². The fourth-order valence-electron chi connectivity index (χ4n) is 2.45. The standard InChI is InChI=1S/C15H24N2O/c1-11(17-10-12(2)18)8-13-5-6-15-14(9-13)4-3-7-16-15/h5-6,9,11-12,16-18H,3-4,7-8,10H2,1-2H3. The van der Waals surface area contributed by atoms with Gasteiger partial charge in [0, 0.05) is 24.8 Å². The van der Waals surface area contributed by atoms with E-state index in [1.807, 2.05) is 6.92 Å². The second-order valence-corrected chi connectivity index (χ2v) is 5.38. The predicted molar refractivity (Wildman–Crippen MR) is 76.1 cm³/mol. The number of rotatable bonds is 5. The lowest BCUT2D eigenvalue weighted by atomic mass is 9.98. The topological polar surface area (TPSA) is 44.3 Å². The molecule has 0 fully saturated rings. The monoisotopic (exact) mass is 248 g/mol. The molecule has 1 aliphatic heterocycles. The molecule has 3 heteroatoms. The molecular formula is C15H24N2O. The molecule has 0 radical (unpaired) electrons. The lowest BCUT2D eigenvalue weighted by Crippen LogP contribution is -2.33. The number of aliphatic hydroxyl groups excluding tert-OH is 1. The molecule has 1 heterocycles. The van der Waals surface area contributed by atoms with Gasteiger partial charge in [-0.05, 0) is 50.3 Å². The van der Waals surface area contributed by atoms with E-state index in [0.717, 1.165) is 13.0 Å². The van der Waals surface area contributed by atoms with Crippen molar-refractivity contribution in [1.82, 2.24) is 5.32 Å². The van der Waals surface area contributed by atoms with E-state index in [0.29, 0.717) is 12.6 Å². The molecule has 0 saturated heterocycles. The van der Waals surface area contributed by atoms with Crippen LogP contribution in [0.4, 0.5) is 5.69 Å². The summed E-state index contributed by atoms with van der Waals surface area (Å²) in [5, 5.41) is 16.0. The molecule has 0 aliphatic carbocycles. The van der Waals surface area contributed by atoms with Crippen LogP contribution in [0, 0.1) is 0 Å². The van der Waals surface area contributed by atoms with E-state index >= 15 is 0 Å². The van der Waals surface area contributed by atoms with Crippen LogP contribution in [0.2, 0.25) is 0 Å². The summed E-state index contributed by atoms with van der Waals surface area (Å²) in [6, 6.07) is 7.12. The second-order valence-electron chi connectivity index (χ2n) is 5.38. The van der Waals surface area contributed by atoms with Crippen LogP contribution in [-0.2, 0) is 12.8 Å². The van der Waals surface area contributed by atoms with Gasteiger partial charge < -0.3 is 15.7 Å². The molecular weight excluding hydrogens is 224 g/mol. The molecule has 0 saturated carbocycles. The van der Waals surface area contributed by atoms with Crippen LogP contribution in [0.1, 0.15) is 31.4 Å². The van der Waals surface area contributed by atoms with Gasteiger partial charge in [0.2, 0.25) is 0 Å². The molecule has 0 aromatic heterocycles. The molecule has 3 nitrogen and oxygen atoms in total. The van der Waals surface area contributed by atoms with E-state index in [1.165, 1.54) is 29.7 Å². The maximum Gasteiger partial charge on any atom is 0.0636 e. The van der Waals surface area contributed by atoms with E-state index in [1.54, 1.807) is 0 Å². The van der Waals surface area contributed by atoms with E-state index in [9.17, 15) is 5.11 Å². The summed E-state index contributed by atoms with van der Waals surface area (Å²) < 4.78 is 0. The number of hydrogen-bond acceptors (Lipinski definition) is 3. The zero-order valence-electron chi connectivity index (χ0n) is 11.4. The van der Waals surface area contributed by atoms with Crippen molar-refractivity contribution in [3.05, 3.63) is 29.3 Å². The Bertz CT molecular complexity index is 390. The van der Waals surface area contributed by atoms with E-state index in [4.69, 9.17) is 0 Å². The van der Waals surface area contributed by atoms with Crippen molar-refractivity contribution in [2.75, 3.05) is 18.4 Å². The summed E-state index contributed by atoms with van der Waals surface area (Å²) in [4.78, 5) is 0. The van der Waals surface area contributed by atoms with Crippen LogP contribution >= 0.6 is 0 Å². The van der Waals surface area contributed by atoms with E-state index in [-0.39, 0.29) is 6.10 Å². The van der Waals surface area contributed by atoms with Crippen molar-refractivity contribution in [2.24, 2.45) is 0 Å². The first-order chi connectivity index (χ1) is 8.65. The zero-order chi connectivity index (χ0) is 13.0. The highest BCUT2D eigenvalue weighted by atomic mass is 16.3. The van der Waals surface area contributed by atoms with Crippen LogP contribution in [0.3, 0.4) is 0 Å². The number of benzene rings is 1. The van der Waals surface area contributed by atoms with Crippen molar-refractivity contribution in [3.8, 4) is 0 Å². The van der Waals surface area contributed by atoms with Crippen LogP contribution in [0.15, 0.2) is 18.2 Å². The molecule has 1 aromatic rings. The summed E-state index contributed by atoms with van der Waals surface area (Å²) >= 11 is 0. The highest BCUT2D eigenvalue weighted by Gasteiger charge is 2.10. The molecule has 0 spiro atoms. The summed E-state index contributed by atoms with van der Waals surface area (Å²) in [5.41, 5.74) is 4.12. The molecule has 100 valence electrons. The molecule has 0 bridgehead atoms. The summed E-state index contributed by atoms with van der Waals surface area (Å²) in [6.07, 6.45) is 3.15.